The van der Waals surface area contributed by atoms with Gasteiger partial charge in [0, 0.05) is 32.2 Å². The largest absolute Gasteiger partial charge is 0.363 e. The second-order valence-corrected chi connectivity index (χ2v) is 9.19. The highest BCUT2D eigenvalue weighted by molar-refractivity contribution is 7.89. The zero-order valence-electron chi connectivity index (χ0n) is 15.7. The summed E-state index contributed by atoms with van der Waals surface area (Å²) in [6.07, 6.45) is 2.96. The lowest BCUT2D eigenvalue weighted by Gasteiger charge is -2.35. The van der Waals surface area contributed by atoms with Crippen LogP contribution in [0.4, 0.5) is 11.4 Å². The first-order chi connectivity index (χ1) is 13.9. The van der Waals surface area contributed by atoms with Crippen molar-refractivity contribution in [2.75, 3.05) is 31.1 Å². The fourth-order valence-electron chi connectivity index (χ4n) is 4.03. The van der Waals surface area contributed by atoms with Gasteiger partial charge in [0.1, 0.15) is 5.69 Å². The van der Waals surface area contributed by atoms with E-state index in [9.17, 15) is 18.5 Å². The topological polar surface area (TPSA) is 108 Å². The average molecular weight is 412 g/mol. The van der Waals surface area contributed by atoms with Crippen LogP contribution in [-0.2, 0) is 22.9 Å². The fourth-order valence-corrected chi connectivity index (χ4v) is 5.50. The minimum absolute atomic E-state index is 0.0843. The smallest absolute Gasteiger partial charge is 0.292 e. The molecule has 29 heavy (non-hydrogen) atoms. The SMILES string of the molecule is N#Cc1ccc([N+](=O)[O-])c(N2CCN(S(=O)(=O)c3ccc4c(c3)CCC4)CC2)c1. The monoisotopic (exact) mass is 412 g/mol. The van der Waals surface area contributed by atoms with E-state index in [4.69, 9.17) is 5.26 Å². The van der Waals surface area contributed by atoms with Crippen LogP contribution in [0.25, 0.3) is 0 Å². The van der Waals surface area contributed by atoms with Crippen LogP contribution in [0.1, 0.15) is 23.1 Å². The summed E-state index contributed by atoms with van der Waals surface area (Å²) in [5, 5.41) is 20.5. The molecule has 0 radical (unpaired) electrons. The quantitative estimate of drug-likeness (QED) is 0.564. The van der Waals surface area contributed by atoms with E-state index < -0.39 is 14.9 Å². The van der Waals surface area contributed by atoms with Crippen molar-refractivity contribution in [3.05, 3.63) is 63.2 Å². The Hall–Kier alpha value is -2.96. The lowest BCUT2D eigenvalue weighted by molar-refractivity contribution is -0.384. The van der Waals surface area contributed by atoms with Gasteiger partial charge in [0.05, 0.1) is 21.5 Å². The summed E-state index contributed by atoms with van der Waals surface area (Å²) in [4.78, 5) is 13.0. The highest BCUT2D eigenvalue weighted by Gasteiger charge is 2.31. The van der Waals surface area contributed by atoms with Crippen molar-refractivity contribution >= 4 is 21.4 Å². The second kappa shape index (κ2) is 7.46. The summed E-state index contributed by atoms with van der Waals surface area (Å²) in [5.74, 6) is 0. The van der Waals surface area contributed by atoms with Gasteiger partial charge in [-0.2, -0.15) is 9.57 Å². The third kappa shape index (κ3) is 3.57. The number of hydrogen-bond acceptors (Lipinski definition) is 6. The average Bonchev–Trinajstić information content (AvgIpc) is 3.21. The van der Waals surface area contributed by atoms with Gasteiger partial charge in [-0.15, -0.1) is 0 Å². The predicted molar refractivity (Wildman–Crippen MR) is 107 cm³/mol. The number of nitro groups is 1. The number of rotatable bonds is 4. The van der Waals surface area contributed by atoms with Crippen molar-refractivity contribution in [2.45, 2.75) is 24.2 Å². The number of fused-ring (bicyclic) bond motifs is 1. The Kier molecular flexibility index (Phi) is 4.98. The molecule has 0 N–H and O–H groups in total. The molecule has 1 aliphatic heterocycles. The Labute approximate surface area is 169 Å². The Morgan fingerprint density at radius 1 is 1.00 bits per heavy atom. The normalized spacial score (nSPS) is 17.0. The summed E-state index contributed by atoms with van der Waals surface area (Å²) < 4.78 is 27.6. The van der Waals surface area contributed by atoms with E-state index in [-0.39, 0.29) is 18.8 Å². The van der Waals surface area contributed by atoms with E-state index in [0.717, 1.165) is 24.8 Å². The molecule has 9 heteroatoms. The molecule has 1 heterocycles. The zero-order chi connectivity index (χ0) is 20.6. The van der Waals surface area contributed by atoms with Gasteiger partial charge in [0.25, 0.3) is 5.69 Å². The number of benzene rings is 2. The van der Waals surface area contributed by atoms with E-state index in [1.54, 1.807) is 17.0 Å². The molecule has 1 fully saturated rings. The van der Waals surface area contributed by atoms with Gasteiger partial charge >= 0.3 is 0 Å². The van der Waals surface area contributed by atoms with E-state index in [1.807, 2.05) is 12.1 Å². The van der Waals surface area contributed by atoms with Crippen molar-refractivity contribution in [2.24, 2.45) is 0 Å². The van der Waals surface area contributed by atoms with Gasteiger partial charge in [0.2, 0.25) is 10.0 Å². The maximum absolute atomic E-state index is 13.1. The fraction of sp³-hybridized carbons (Fsp3) is 0.350. The lowest BCUT2D eigenvalue weighted by Crippen LogP contribution is -2.48. The highest BCUT2D eigenvalue weighted by Crippen LogP contribution is 2.31. The number of anilines is 1. The van der Waals surface area contributed by atoms with Gasteiger partial charge < -0.3 is 4.90 Å². The summed E-state index contributed by atoms with van der Waals surface area (Å²) in [6, 6.07) is 11.6. The van der Waals surface area contributed by atoms with Crippen molar-refractivity contribution < 1.29 is 13.3 Å². The maximum atomic E-state index is 13.1. The number of aryl methyl sites for hydroxylation is 2. The number of sulfonamides is 1. The van der Waals surface area contributed by atoms with Gasteiger partial charge in [-0.1, -0.05) is 6.07 Å². The first-order valence-electron chi connectivity index (χ1n) is 9.45. The van der Waals surface area contributed by atoms with Crippen LogP contribution in [0.5, 0.6) is 0 Å². The first kappa shape index (κ1) is 19.4. The maximum Gasteiger partial charge on any atom is 0.292 e. The molecule has 4 rings (SSSR count). The van der Waals surface area contributed by atoms with E-state index >= 15 is 0 Å². The van der Waals surface area contributed by atoms with Crippen LogP contribution in [0.3, 0.4) is 0 Å². The Morgan fingerprint density at radius 2 is 1.72 bits per heavy atom. The number of piperazine rings is 1. The molecule has 0 amide bonds. The standard InChI is InChI=1S/C20H20N4O4S/c21-14-15-4-7-19(24(25)26)20(12-15)22-8-10-23(11-9-22)29(27,28)18-6-5-16-2-1-3-17(16)13-18/h4-7,12-13H,1-3,8-11H2. The zero-order valence-corrected chi connectivity index (χ0v) is 16.6. The van der Waals surface area contributed by atoms with Crippen molar-refractivity contribution in [1.29, 1.82) is 5.26 Å². The third-order valence-corrected chi connectivity index (χ3v) is 7.48. The van der Waals surface area contributed by atoms with Crippen LogP contribution >= 0.6 is 0 Å². The number of hydrogen-bond donors (Lipinski definition) is 0. The van der Waals surface area contributed by atoms with E-state index in [1.165, 1.54) is 28.1 Å². The molecule has 0 saturated carbocycles. The number of nitrogens with zero attached hydrogens (tertiary/aromatic N) is 4. The lowest BCUT2D eigenvalue weighted by atomic mass is 10.1. The van der Waals surface area contributed by atoms with Gasteiger partial charge in [-0.3, -0.25) is 10.1 Å². The minimum atomic E-state index is -3.61. The highest BCUT2D eigenvalue weighted by atomic mass is 32.2. The first-order valence-corrected chi connectivity index (χ1v) is 10.9. The molecule has 2 aliphatic rings. The van der Waals surface area contributed by atoms with Crippen molar-refractivity contribution in [3.8, 4) is 6.07 Å². The molecule has 2 aromatic carbocycles. The van der Waals surface area contributed by atoms with Crippen LogP contribution in [0, 0.1) is 21.4 Å². The van der Waals surface area contributed by atoms with Crippen LogP contribution < -0.4 is 4.90 Å². The summed E-state index contributed by atoms with van der Waals surface area (Å²) in [6.45, 7) is 1.10. The molecule has 8 nitrogen and oxygen atoms in total. The second-order valence-electron chi connectivity index (χ2n) is 7.25. The molecule has 0 bridgehead atoms. The number of nitriles is 1. The molecule has 0 atom stereocenters. The molecule has 0 aromatic heterocycles. The van der Waals surface area contributed by atoms with Crippen LogP contribution in [0.15, 0.2) is 41.3 Å². The predicted octanol–water partition coefficient (Wildman–Crippen LogP) is 2.47. The Bertz CT molecular complexity index is 1120. The van der Waals surface area contributed by atoms with Crippen molar-refractivity contribution in [1.82, 2.24) is 4.31 Å². The molecular formula is C20H20N4O4S. The molecule has 0 unspecified atom stereocenters. The molecular weight excluding hydrogens is 392 g/mol. The molecule has 1 saturated heterocycles. The summed E-state index contributed by atoms with van der Waals surface area (Å²) in [7, 11) is -3.61. The van der Waals surface area contributed by atoms with Crippen LogP contribution in [-0.4, -0.2) is 43.8 Å². The van der Waals surface area contributed by atoms with E-state index in [0.29, 0.717) is 29.2 Å². The van der Waals surface area contributed by atoms with Gasteiger partial charge in [-0.05, 0) is 54.7 Å². The Morgan fingerprint density at radius 3 is 2.41 bits per heavy atom. The van der Waals surface area contributed by atoms with Crippen LogP contribution in [0.2, 0.25) is 0 Å². The number of nitro benzene ring substituents is 1. The third-order valence-electron chi connectivity index (χ3n) is 5.59. The van der Waals surface area contributed by atoms with Gasteiger partial charge in [0.15, 0.2) is 0 Å². The molecule has 1 aliphatic carbocycles. The Balaban J connectivity index is 1.54. The van der Waals surface area contributed by atoms with Gasteiger partial charge in [-0.25, -0.2) is 8.42 Å². The summed E-state index contributed by atoms with van der Waals surface area (Å²) >= 11 is 0. The molecule has 150 valence electrons. The summed E-state index contributed by atoms with van der Waals surface area (Å²) in [5.41, 5.74) is 2.92. The van der Waals surface area contributed by atoms with Crippen molar-refractivity contribution in [3.63, 3.8) is 0 Å². The molecule has 0 spiro atoms. The van der Waals surface area contributed by atoms with E-state index in [2.05, 4.69) is 0 Å². The minimum Gasteiger partial charge on any atom is -0.363 e. The molecule has 2 aromatic rings.